The fraction of sp³-hybridized carbons (Fsp3) is 0.389. The zero-order chi connectivity index (χ0) is 18.5. The van der Waals surface area contributed by atoms with E-state index in [0.717, 1.165) is 43.6 Å². The molecular formula is C18H22ClF2N5O. The third-order valence-corrected chi connectivity index (χ3v) is 4.49. The summed E-state index contributed by atoms with van der Waals surface area (Å²) in [5, 5.41) is 9.16. The Morgan fingerprint density at radius 2 is 1.78 bits per heavy atom. The fourth-order valence-corrected chi connectivity index (χ4v) is 3.04. The Morgan fingerprint density at radius 3 is 2.44 bits per heavy atom. The Morgan fingerprint density at radius 1 is 1.07 bits per heavy atom. The number of hydrogen-bond donors (Lipinski definition) is 3. The molecule has 0 spiro atoms. The van der Waals surface area contributed by atoms with E-state index in [4.69, 9.17) is 0 Å². The molecule has 9 heteroatoms. The molecule has 2 aromatic rings. The van der Waals surface area contributed by atoms with Crippen molar-refractivity contribution in [2.45, 2.75) is 37.8 Å². The smallest absolute Gasteiger partial charge is 0.251 e. The summed E-state index contributed by atoms with van der Waals surface area (Å²) in [5.74, 6) is -1.04. The maximum Gasteiger partial charge on any atom is 0.251 e. The summed E-state index contributed by atoms with van der Waals surface area (Å²) in [6.45, 7) is 0. The van der Waals surface area contributed by atoms with Gasteiger partial charge in [-0.05, 0) is 49.9 Å². The molecule has 1 aliphatic rings. The number of nitrogens with zero attached hydrogens (tertiary/aromatic N) is 2. The van der Waals surface area contributed by atoms with Gasteiger partial charge in [-0.1, -0.05) is 0 Å². The number of halogens is 3. The molecule has 0 unspecified atom stereocenters. The average molecular weight is 398 g/mol. The average Bonchev–Trinajstić information content (AvgIpc) is 2.65. The van der Waals surface area contributed by atoms with E-state index in [1.54, 1.807) is 19.3 Å². The minimum atomic E-state index is -1.02. The SMILES string of the molecule is CNc1ccnc(N[C@H]2CC[C@@H](NC(=O)c3ccc(F)c(F)c3)CC2)n1.Cl. The van der Waals surface area contributed by atoms with Crippen LogP contribution in [-0.4, -0.2) is 35.0 Å². The molecule has 1 amide bonds. The number of amides is 1. The van der Waals surface area contributed by atoms with Gasteiger partial charge in [0.25, 0.3) is 5.91 Å². The zero-order valence-corrected chi connectivity index (χ0v) is 15.7. The highest BCUT2D eigenvalue weighted by molar-refractivity contribution is 5.94. The highest BCUT2D eigenvalue weighted by Gasteiger charge is 2.23. The Kier molecular flexibility index (Phi) is 7.29. The topological polar surface area (TPSA) is 78.9 Å². The summed E-state index contributed by atoms with van der Waals surface area (Å²) in [4.78, 5) is 20.7. The molecule has 6 nitrogen and oxygen atoms in total. The van der Waals surface area contributed by atoms with Gasteiger partial charge < -0.3 is 16.0 Å². The first-order valence-corrected chi connectivity index (χ1v) is 8.58. The minimum absolute atomic E-state index is 0. The molecule has 0 atom stereocenters. The van der Waals surface area contributed by atoms with Crippen LogP contribution in [0.4, 0.5) is 20.5 Å². The van der Waals surface area contributed by atoms with Crippen LogP contribution in [0.15, 0.2) is 30.5 Å². The molecule has 1 aromatic carbocycles. The third kappa shape index (κ3) is 5.50. The molecule has 146 valence electrons. The molecule has 0 radical (unpaired) electrons. The van der Waals surface area contributed by atoms with E-state index in [0.29, 0.717) is 5.95 Å². The largest absolute Gasteiger partial charge is 0.373 e. The summed E-state index contributed by atoms with van der Waals surface area (Å²) in [6, 6.07) is 5.20. The quantitative estimate of drug-likeness (QED) is 0.721. The molecule has 0 aliphatic heterocycles. The summed E-state index contributed by atoms with van der Waals surface area (Å²) >= 11 is 0. The van der Waals surface area contributed by atoms with Crippen LogP contribution in [0.25, 0.3) is 0 Å². The van der Waals surface area contributed by atoms with Gasteiger partial charge in [-0.15, -0.1) is 12.4 Å². The number of rotatable bonds is 5. The van der Waals surface area contributed by atoms with Crippen LogP contribution in [0.3, 0.4) is 0 Å². The van der Waals surface area contributed by atoms with Crippen molar-refractivity contribution in [3.8, 4) is 0 Å². The molecule has 3 N–H and O–H groups in total. The lowest BCUT2D eigenvalue weighted by atomic mass is 9.91. The molecule has 27 heavy (non-hydrogen) atoms. The first-order valence-electron chi connectivity index (χ1n) is 8.58. The lowest BCUT2D eigenvalue weighted by Gasteiger charge is -2.29. The highest BCUT2D eigenvalue weighted by atomic mass is 35.5. The van der Waals surface area contributed by atoms with Crippen molar-refractivity contribution in [2.24, 2.45) is 0 Å². The number of benzene rings is 1. The minimum Gasteiger partial charge on any atom is -0.373 e. The van der Waals surface area contributed by atoms with E-state index in [-0.39, 0.29) is 36.0 Å². The second-order valence-corrected chi connectivity index (χ2v) is 6.31. The Balaban J connectivity index is 0.00000261. The summed E-state index contributed by atoms with van der Waals surface area (Å²) in [7, 11) is 1.80. The van der Waals surface area contributed by atoms with E-state index in [1.807, 2.05) is 0 Å². The molecule has 1 heterocycles. The molecule has 1 aliphatic carbocycles. The van der Waals surface area contributed by atoms with Crippen molar-refractivity contribution >= 4 is 30.1 Å². The maximum absolute atomic E-state index is 13.3. The summed E-state index contributed by atoms with van der Waals surface area (Å²) in [6.07, 6.45) is 4.98. The number of carbonyl (C=O) groups is 1. The number of nitrogens with one attached hydrogen (secondary N) is 3. The molecule has 0 bridgehead atoms. The van der Waals surface area contributed by atoms with Crippen molar-refractivity contribution < 1.29 is 13.6 Å². The third-order valence-electron chi connectivity index (χ3n) is 4.49. The van der Waals surface area contributed by atoms with Crippen LogP contribution in [0.1, 0.15) is 36.0 Å². The van der Waals surface area contributed by atoms with Crippen molar-refractivity contribution in [1.29, 1.82) is 0 Å². The maximum atomic E-state index is 13.3. The van der Waals surface area contributed by atoms with Gasteiger partial charge in [0.1, 0.15) is 5.82 Å². The van der Waals surface area contributed by atoms with E-state index in [9.17, 15) is 13.6 Å². The van der Waals surface area contributed by atoms with Crippen molar-refractivity contribution in [2.75, 3.05) is 17.7 Å². The molecule has 1 aromatic heterocycles. The van der Waals surface area contributed by atoms with E-state index >= 15 is 0 Å². The van der Waals surface area contributed by atoms with Crippen molar-refractivity contribution in [3.05, 3.63) is 47.7 Å². The summed E-state index contributed by atoms with van der Waals surface area (Å²) < 4.78 is 26.2. The van der Waals surface area contributed by atoms with Gasteiger partial charge in [0.2, 0.25) is 5.95 Å². The van der Waals surface area contributed by atoms with Gasteiger partial charge in [-0.3, -0.25) is 4.79 Å². The number of aromatic nitrogens is 2. The Hall–Kier alpha value is -2.48. The Bertz CT molecular complexity index is 784. The molecular weight excluding hydrogens is 376 g/mol. The zero-order valence-electron chi connectivity index (χ0n) is 14.8. The van der Waals surface area contributed by atoms with E-state index in [2.05, 4.69) is 25.9 Å². The summed E-state index contributed by atoms with van der Waals surface area (Å²) in [5.41, 5.74) is 0.126. The molecule has 1 saturated carbocycles. The lowest BCUT2D eigenvalue weighted by molar-refractivity contribution is 0.0926. The molecule has 3 rings (SSSR count). The Labute approximate surface area is 162 Å². The van der Waals surface area contributed by atoms with Crippen LogP contribution in [0.2, 0.25) is 0 Å². The highest BCUT2D eigenvalue weighted by Crippen LogP contribution is 2.22. The monoisotopic (exact) mass is 397 g/mol. The second kappa shape index (κ2) is 9.45. The van der Waals surface area contributed by atoms with Crippen molar-refractivity contribution in [1.82, 2.24) is 15.3 Å². The van der Waals surface area contributed by atoms with Gasteiger partial charge in [0, 0.05) is 30.9 Å². The predicted molar refractivity (Wildman–Crippen MR) is 102 cm³/mol. The van der Waals surface area contributed by atoms with Gasteiger partial charge in [0.05, 0.1) is 0 Å². The van der Waals surface area contributed by atoms with Crippen LogP contribution >= 0.6 is 12.4 Å². The first-order chi connectivity index (χ1) is 12.5. The van der Waals surface area contributed by atoms with E-state index in [1.165, 1.54) is 6.07 Å². The number of hydrogen-bond acceptors (Lipinski definition) is 5. The van der Waals surface area contributed by atoms with Crippen LogP contribution in [0, 0.1) is 11.6 Å². The predicted octanol–water partition coefficient (Wildman–Crippen LogP) is 3.37. The van der Waals surface area contributed by atoms with Gasteiger partial charge in [-0.25, -0.2) is 13.8 Å². The van der Waals surface area contributed by atoms with Crippen LogP contribution < -0.4 is 16.0 Å². The molecule has 1 fully saturated rings. The number of carbonyl (C=O) groups excluding carboxylic acids is 1. The van der Waals surface area contributed by atoms with E-state index < -0.39 is 11.6 Å². The first kappa shape index (κ1) is 20.8. The van der Waals surface area contributed by atoms with Crippen molar-refractivity contribution in [3.63, 3.8) is 0 Å². The molecule has 0 saturated heterocycles. The lowest BCUT2D eigenvalue weighted by Crippen LogP contribution is -2.40. The van der Waals surface area contributed by atoms with Crippen LogP contribution in [-0.2, 0) is 0 Å². The number of anilines is 2. The van der Waals surface area contributed by atoms with Gasteiger partial charge in [0.15, 0.2) is 11.6 Å². The van der Waals surface area contributed by atoms with Gasteiger partial charge in [-0.2, -0.15) is 4.98 Å². The van der Waals surface area contributed by atoms with Crippen LogP contribution in [0.5, 0.6) is 0 Å². The normalized spacial score (nSPS) is 18.9. The second-order valence-electron chi connectivity index (χ2n) is 6.31. The van der Waals surface area contributed by atoms with Gasteiger partial charge >= 0.3 is 0 Å². The fourth-order valence-electron chi connectivity index (χ4n) is 3.04. The standard InChI is InChI=1S/C18H21F2N5O.ClH/c1-21-16-8-9-22-18(25-16)24-13-5-3-12(4-6-13)23-17(26)11-2-7-14(19)15(20)10-11;/h2,7-10,12-13H,3-6H2,1H3,(H,23,26)(H2,21,22,24,25);1H/t12-,13+;.